The van der Waals surface area contributed by atoms with Gasteiger partial charge in [-0.1, -0.05) is 43.3 Å². The summed E-state index contributed by atoms with van der Waals surface area (Å²) in [5.74, 6) is -0.405. The number of ether oxygens (including phenoxy) is 1. The first-order chi connectivity index (χ1) is 16.1. The second kappa shape index (κ2) is 10.4. The molecular formula is C24H26N4O5S. The number of carbonyl (C=O) groups excluding carboxylic acids is 1. The smallest absolute Gasteiger partial charge is 0.356 e. The highest BCUT2D eigenvalue weighted by molar-refractivity contribution is 7.90. The van der Waals surface area contributed by atoms with Gasteiger partial charge in [0.2, 0.25) is 5.82 Å². The lowest BCUT2D eigenvalue weighted by molar-refractivity contribution is -0.135. The Hall–Kier alpha value is -3.79. The summed E-state index contributed by atoms with van der Waals surface area (Å²) in [7, 11) is -3.42. The highest BCUT2D eigenvalue weighted by Gasteiger charge is 2.19. The van der Waals surface area contributed by atoms with Crippen LogP contribution in [0.15, 0.2) is 64.0 Å². The second-order valence-electron chi connectivity index (χ2n) is 7.78. The van der Waals surface area contributed by atoms with Crippen LogP contribution in [0.1, 0.15) is 38.1 Å². The Kier molecular flexibility index (Phi) is 7.62. The quantitative estimate of drug-likeness (QED) is 0.340. The molecule has 178 valence electrons. The number of benzene rings is 2. The Bertz CT molecular complexity index is 1340. The van der Waals surface area contributed by atoms with E-state index in [4.69, 9.17) is 14.7 Å². The molecule has 2 aromatic carbocycles. The molecule has 1 aromatic heterocycles. The fourth-order valence-electron chi connectivity index (χ4n) is 3.14. The zero-order valence-corrected chi connectivity index (χ0v) is 20.1. The van der Waals surface area contributed by atoms with Crippen LogP contribution in [0.25, 0.3) is 17.2 Å². The molecule has 0 atom stereocenters. The van der Waals surface area contributed by atoms with Crippen LogP contribution in [0, 0.1) is 5.41 Å². The van der Waals surface area contributed by atoms with Crippen LogP contribution in [0.3, 0.4) is 0 Å². The maximum absolute atomic E-state index is 12.1. The summed E-state index contributed by atoms with van der Waals surface area (Å²) in [5.41, 5.74) is 2.05. The van der Waals surface area contributed by atoms with Gasteiger partial charge in [0.05, 0.1) is 17.2 Å². The van der Waals surface area contributed by atoms with Crippen LogP contribution < -0.4 is 5.32 Å². The highest BCUT2D eigenvalue weighted by Crippen LogP contribution is 2.28. The van der Waals surface area contributed by atoms with Gasteiger partial charge >= 0.3 is 5.97 Å². The van der Waals surface area contributed by atoms with Gasteiger partial charge in [-0.3, -0.25) is 5.41 Å². The van der Waals surface area contributed by atoms with E-state index in [2.05, 4.69) is 15.5 Å². The van der Waals surface area contributed by atoms with Crippen LogP contribution >= 0.6 is 0 Å². The molecule has 0 aliphatic heterocycles. The van der Waals surface area contributed by atoms with Crippen LogP contribution in [0.5, 0.6) is 0 Å². The lowest BCUT2D eigenvalue weighted by Gasteiger charge is -2.15. The molecule has 0 saturated carbocycles. The number of esters is 1. The Morgan fingerprint density at radius 2 is 1.94 bits per heavy atom. The molecule has 0 aliphatic rings. The average molecular weight is 483 g/mol. The van der Waals surface area contributed by atoms with Crippen LogP contribution in [-0.2, 0) is 19.4 Å². The lowest BCUT2D eigenvalue weighted by Crippen LogP contribution is -2.16. The molecule has 10 heteroatoms. The molecule has 0 fully saturated rings. The minimum absolute atomic E-state index is 0.0902. The van der Waals surface area contributed by atoms with Gasteiger partial charge in [0.1, 0.15) is 5.71 Å². The third-order valence-electron chi connectivity index (χ3n) is 4.81. The number of aromatic nitrogens is 2. The van der Waals surface area contributed by atoms with E-state index in [1.54, 1.807) is 19.1 Å². The summed E-state index contributed by atoms with van der Waals surface area (Å²) in [6.45, 7) is 5.89. The van der Waals surface area contributed by atoms with Gasteiger partial charge in [-0.25, -0.2) is 13.2 Å². The summed E-state index contributed by atoms with van der Waals surface area (Å²) in [4.78, 5) is 16.6. The van der Waals surface area contributed by atoms with Crippen LogP contribution in [-0.4, -0.2) is 43.1 Å². The zero-order chi connectivity index (χ0) is 24.9. The van der Waals surface area contributed by atoms with Crippen molar-refractivity contribution in [1.82, 2.24) is 10.1 Å². The van der Waals surface area contributed by atoms with Gasteiger partial charge in [-0.05, 0) is 48.7 Å². The largest absolute Gasteiger partial charge is 0.461 e. The predicted molar refractivity (Wildman–Crippen MR) is 129 cm³/mol. The van der Waals surface area contributed by atoms with Crippen molar-refractivity contribution in [2.45, 2.75) is 31.6 Å². The third-order valence-corrected chi connectivity index (χ3v) is 5.92. The molecule has 3 rings (SSSR count). The number of carbonyl (C=O) groups is 1. The Morgan fingerprint density at radius 3 is 2.62 bits per heavy atom. The van der Waals surface area contributed by atoms with Crippen molar-refractivity contribution >= 4 is 32.9 Å². The maximum atomic E-state index is 12.1. The molecule has 0 radical (unpaired) electrons. The Labute approximate surface area is 198 Å². The van der Waals surface area contributed by atoms with E-state index in [-0.39, 0.29) is 34.8 Å². The number of nitrogens with one attached hydrogen (secondary N) is 2. The normalized spacial score (nSPS) is 12.0. The molecule has 0 bridgehead atoms. The molecular weight excluding hydrogens is 456 g/mol. The maximum Gasteiger partial charge on any atom is 0.356 e. The SMILES string of the molecule is CCOC(=O)C(=N)/C=C(\Nc1ccccc1C(C)C)c1noc(-c2cccc(S(C)(=O)=O)c2)n1. The zero-order valence-electron chi connectivity index (χ0n) is 19.3. The molecule has 1 heterocycles. The summed E-state index contributed by atoms with van der Waals surface area (Å²) < 4.78 is 34.1. The van der Waals surface area contributed by atoms with Crippen molar-refractivity contribution in [3.63, 3.8) is 0 Å². The van der Waals surface area contributed by atoms with Crippen molar-refractivity contribution in [2.24, 2.45) is 0 Å². The van der Waals surface area contributed by atoms with Crippen molar-refractivity contribution in [3.8, 4) is 11.5 Å². The monoisotopic (exact) mass is 482 g/mol. The van der Waals surface area contributed by atoms with E-state index in [1.807, 2.05) is 38.1 Å². The highest BCUT2D eigenvalue weighted by atomic mass is 32.2. The number of hydrogen-bond donors (Lipinski definition) is 2. The molecule has 34 heavy (non-hydrogen) atoms. The first kappa shape index (κ1) is 24.8. The second-order valence-corrected chi connectivity index (χ2v) is 9.80. The van der Waals surface area contributed by atoms with Crippen molar-refractivity contribution in [3.05, 3.63) is 66.0 Å². The number of rotatable bonds is 9. The number of para-hydroxylation sites is 1. The van der Waals surface area contributed by atoms with Crippen LogP contribution in [0.2, 0.25) is 0 Å². The lowest BCUT2D eigenvalue weighted by atomic mass is 10.0. The van der Waals surface area contributed by atoms with Crippen molar-refractivity contribution in [2.75, 3.05) is 18.2 Å². The van der Waals surface area contributed by atoms with Gasteiger partial charge in [-0.2, -0.15) is 4.98 Å². The molecule has 3 aromatic rings. The number of sulfone groups is 1. The molecule has 0 saturated heterocycles. The number of nitrogens with zero attached hydrogens (tertiary/aromatic N) is 2. The summed E-state index contributed by atoms with van der Waals surface area (Å²) >= 11 is 0. The molecule has 9 nitrogen and oxygen atoms in total. The molecule has 0 amide bonds. The van der Waals surface area contributed by atoms with E-state index in [0.29, 0.717) is 5.56 Å². The van der Waals surface area contributed by atoms with E-state index in [9.17, 15) is 13.2 Å². The van der Waals surface area contributed by atoms with Gasteiger partial charge in [0.15, 0.2) is 9.84 Å². The minimum atomic E-state index is -3.42. The van der Waals surface area contributed by atoms with Gasteiger partial charge in [0.25, 0.3) is 5.89 Å². The minimum Gasteiger partial charge on any atom is -0.461 e. The first-order valence-electron chi connectivity index (χ1n) is 10.6. The van der Waals surface area contributed by atoms with E-state index < -0.39 is 21.5 Å². The van der Waals surface area contributed by atoms with Gasteiger partial charge in [0, 0.05) is 17.5 Å². The molecule has 0 spiro atoms. The molecule has 0 unspecified atom stereocenters. The van der Waals surface area contributed by atoms with Gasteiger partial charge < -0.3 is 14.6 Å². The topological polar surface area (TPSA) is 135 Å². The van der Waals surface area contributed by atoms with Crippen molar-refractivity contribution < 1.29 is 22.5 Å². The predicted octanol–water partition coefficient (Wildman–Crippen LogP) is 4.30. The summed E-state index contributed by atoms with van der Waals surface area (Å²) in [5, 5.41) is 15.3. The Balaban J connectivity index is 2.04. The Morgan fingerprint density at radius 1 is 1.21 bits per heavy atom. The standard InChI is InChI=1S/C24H26N4O5S/c1-5-32-24(29)19(25)14-21(26-20-12-7-6-11-18(20)15(2)3)22-27-23(33-28-22)16-9-8-10-17(13-16)34(4,30)31/h6-15,25-26H,5H2,1-4H3/b21-14-,25-19?. The van der Waals surface area contributed by atoms with E-state index >= 15 is 0 Å². The van der Waals surface area contributed by atoms with Gasteiger partial charge in [-0.15, -0.1) is 0 Å². The van der Waals surface area contributed by atoms with Crippen LogP contribution in [0.4, 0.5) is 5.69 Å². The first-order valence-corrected chi connectivity index (χ1v) is 12.5. The molecule has 2 N–H and O–H groups in total. The third kappa shape index (κ3) is 5.96. The molecule has 0 aliphatic carbocycles. The van der Waals surface area contributed by atoms with E-state index in [0.717, 1.165) is 17.5 Å². The average Bonchev–Trinajstić information content (AvgIpc) is 3.29. The summed E-state index contributed by atoms with van der Waals surface area (Å²) in [6.07, 6.45) is 2.39. The number of hydrogen-bond acceptors (Lipinski definition) is 9. The van der Waals surface area contributed by atoms with E-state index in [1.165, 1.54) is 18.2 Å². The van der Waals surface area contributed by atoms with Crippen molar-refractivity contribution in [1.29, 1.82) is 5.41 Å². The summed E-state index contributed by atoms with van der Waals surface area (Å²) in [6, 6.07) is 13.8. The number of anilines is 1. The fourth-order valence-corrected chi connectivity index (χ4v) is 3.80. The fraction of sp³-hybridized carbons (Fsp3) is 0.250.